The number of nitrogens with one attached hydrogen (secondary N) is 2. The second-order valence-corrected chi connectivity index (χ2v) is 9.69. The van der Waals surface area contributed by atoms with Gasteiger partial charge in [-0.1, -0.05) is 44.2 Å². The molecule has 0 saturated heterocycles. The van der Waals surface area contributed by atoms with Crippen LogP contribution in [0.15, 0.2) is 77.7 Å². The Balaban J connectivity index is 1.62. The summed E-state index contributed by atoms with van der Waals surface area (Å²) in [5, 5.41) is 2.79. The van der Waals surface area contributed by atoms with Crippen LogP contribution in [0.25, 0.3) is 0 Å². The molecule has 0 aliphatic rings. The van der Waals surface area contributed by atoms with Crippen molar-refractivity contribution in [2.24, 2.45) is 5.92 Å². The van der Waals surface area contributed by atoms with Gasteiger partial charge in [-0.15, -0.1) is 0 Å². The summed E-state index contributed by atoms with van der Waals surface area (Å²) in [6.07, 6.45) is 0. The van der Waals surface area contributed by atoms with E-state index >= 15 is 0 Å². The molecule has 3 rings (SSSR count). The van der Waals surface area contributed by atoms with Gasteiger partial charge < -0.3 is 14.8 Å². The zero-order valence-electron chi connectivity index (χ0n) is 18.9. The quantitative estimate of drug-likeness (QED) is 0.448. The number of hydrogen-bond acceptors (Lipinski definition) is 5. The topological polar surface area (TPSA) is 93.7 Å². The maximum absolute atomic E-state index is 12.5. The molecule has 3 aromatic carbocycles. The molecule has 7 nitrogen and oxygen atoms in total. The normalized spacial score (nSPS) is 11.3. The molecule has 3 aromatic rings. The highest BCUT2D eigenvalue weighted by atomic mass is 32.2. The van der Waals surface area contributed by atoms with Crippen LogP contribution in [0.5, 0.6) is 17.2 Å². The molecule has 0 aromatic heterocycles. The van der Waals surface area contributed by atoms with Gasteiger partial charge in [0.2, 0.25) is 10.0 Å². The van der Waals surface area contributed by atoms with Crippen LogP contribution in [0.4, 0.5) is 5.69 Å². The second-order valence-electron chi connectivity index (χ2n) is 7.92. The first-order valence-electron chi connectivity index (χ1n) is 10.6. The summed E-state index contributed by atoms with van der Waals surface area (Å²) in [5.74, 6) is 1.43. The van der Waals surface area contributed by atoms with Crippen molar-refractivity contribution in [2.75, 3.05) is 18.5 Å². The number of aryl methyl sites for hydroxylation is 1. The minimum Gasteiger partial charge on any atom is -0.483 e. The van der Waals surface area contributed by atoms with Crippen LogP contribution >= 0.6 is 0 Å². The lowest BCUT2D eigenvalue weighted by molar-refractivity contribution is -0.118. The molecule has 0 unspecified atom stereocenters. The Kier molecular flexibility index (Phi) is 8.08. The van der Waals surface area contributed by atoms with Gasteiger partial charge in [-0.3, -0.25) is 4.79 Å². The summed E-state index contributed by atoms with van der Waals surface area (Å²) in [5.41, 5.74) is 1.13. The van der Waals surface area contributed by atoms with E-state index in [0.29, 0.717) is 35.0 Å². The van der Waals surface area contributed by atoms with Gasteiger partial charge in [-0.25, -0.2) is 13.1 Å². The van der Waals surface area contributed by atoms with Crippen molar-refractivity contribution >= 4 is 21.6 Å². The van der Waals surface area contributed by atoms with Crippen LogP contribution in [0.3, 0.4) is 0 Å². The van der Waals surface area contributed by atoms with Crippen LogP contribution < -0.4 is 19.5 Å². The lowest BCUT2D eigenvalue weighted by atomic mass is 10.2. The molecule has 8 heteroatoms. The first-order valence-corrected chi connectivity index (χ1v) is 12.1. The number of benzene rings is 3. The van der Waals surface area contributed by atoms with Crippen LogP contribution in [0.1, 0.15) is 19.4 Å². The summed E-state index contributed by atoms with van der Waals surface area (Å²) in [4.78, 5) is 12.6. The smallest absolute Gasteiger partial charge is 0.262 e. The molecule has 174 valence electrons. The highest BCUT2D eigenvalue weighted by molar-refractivity contribution is 7.89. The average molecular weight is 469 g/mol. The number of para-hydroxylation sites is 3. The van der Waals surface area contributed by atoms with Crippen LogP contribution in [0.2, 0.25) is 0 Å². The van der Waals surface area contributed by atoms with Crippen molar-refractivity contribution in [3.05, 3.63) is 78.4 Å². The molecule has 33 heavy (non-hydrogen) atoms. The second kappa shape index (κ2) is 11.0. The summed E-state index contributed by atoms with van der Waals surface area (Å²) in [7, 11) is -3.60. The minimum atomic E-state index is -3.60. The van der Waals surface area contributed by atoms with E-state index in [2.05, 4.69) is 10.0 Å². The number of ether oxygens (including phenoxy) is 2. The van der Waals surface area contributed by atoms with E-state index in [-0.39, 0.29) is 23.3 Å². The molecule has 0 aliphatic heterocycles. The van der Waals surface area contributed by atoms with Crippen molar-refractivity contribution in [2.45, 2.75) is 25.7 Å². The van der Waals surface area contributed by atoms with Crippen molar-refractivity contribution < 1.29 is 22.7 Å². The molecule has 0 saturated carbocycles. The largest absolute Gasteiger partial charge is 0.483 e. The third-order valence-corrected chi connectivity index (χ3v) is 6.05. The number of amides is 1. The highest BCUT2D eigenvalue weighted by Gasteiger charge is 2.16. The lowest BCUT2D eigenvalue weighted by Gasteiger charge is -2.14. The van der Waals surface area contributed by atoms with Gasteiger partial charge in [-0.05, 0) is 60.9 Å². The first-order chi connectivity index (χ1) is 15.7. The Labute approximate surface area is 194 Å². The van der Waals surface area contributed by atoms with Gasteiger partial charge in [0.15, 0.2) is 12.4 Å². The molecule has 0 bridgehead atoms. The molecular weight excluding hydrogens is 440 g/mol. The van der Waals surface area contributed by atoms with E-state index in [4.69, 9.17) is 9.47 Å². The Hall–Kier alpha value is -3.36. The minimum absolute atomic E-state index is 0.157. The molecule has 1 amide bonds. The average Bonchev–Trinajstić information content (AvgIpc) is 2.79. The number of anilines is 1. The monoisotopic (exact) mass is 468 g/mol. The van der Waals surface area contributed by atoms with Crippen LogP contribution in [-0.2, 0) is 14.8 Å². The predicted molar refractivity (Wildman–Crippen MR) is 128 cm³/mol. The van der Waals surface area contributed by atoms with Gasteiger partial charge >= 0.3 is 0 Å². The summed E-state index contributed by atoms with van der Waals surface area (Å²) in [6.45, 7) is 5.72. The van der Waals surface area contributed by atoms with E-state index in [0.717, 1.165) is 0 Å². The Morgan fingerprint density at radius 1 is 0.939 bits per heavy atom. The predicted octanol–water partition coefficient (Wildman–Crippen LogP) is 4.74. The zero-order chi connectivity index (χ0) is 23.8. The fraction of sp³-hybridized carbons (Fsp3) is 0.240. The molecule has 0 radical (unpaired) electrons. The number of sulfonamides is 1. The Morgan fingerprint density at radius 2 is 1.64 bits per heavy atom. The maximum atomic E-state index is 12.5. The van der Waals surface area contributed by atoms with Crippen molar-refractivity contribution in [1.29, 1.82) is 0 Å². The summed E-state index contributed by atoms with van der Waals surface area (Å²) >= 11 is 0. The van der Waals surface area contributed by atoms with Gasteiger partial charge in [-0.2, -0.15) is 0 Å². The van der Waals surface area contributed by atoms with Gasteiger partial charge in [0.05, 0.1) is 10.6 Å². The molecule has 2 N–H and O–H groups in total. The maximum Gasteiger partial charge on any atom is 0.262 e. The number of hydrogen-bond donors (Lipinski definition) is 2. The third kappa shape index (κ3) is 7.06. The number of rotatable bonds is 10. The first kappa shape index (κ1) is 24.3. The molecule has 0 fully saturated rings. The van der Waals surface area contributed by atoms with Crippen molar-refractivity contribution in [1.82, 2.24) is 4.72 Å². The molecule has 0 atom stereocenters. The van der Waals surface area contributed by atoms with E-state index in [1.165, 1.54) is 12.1 Å². The van der Waals surface area contributed by atoms with E-state index < -0.39 is 10.0 Å². The number of carbonyl (C=O) groups excluding carboxylic acids is 1. The summed E-state index contributed by atoms with van der Waals surface area (Å²) in [6, 6.07) is 20.9. The fourth-order valence-electron chi connectivity index (χ4n) is 2.91. The summed E-state index contributed by atoms with van der Waals surface area (Å²) < 4.78 is 38.9. The standard InChI is InChI=1S/C25H28N2O5S/c1-18(2)16-26-33(29,30)21-13-14-23(19(3)15-21)31-17-25(28)27-22-11-7-8-12-24(22)32-20-9-5-4-6-10-20/h4-15,18,26H,16-17H2,1-3H3,(H,27,28). The van der Waals surface area contributed by atoms with Gasteiger partial charge in [0.25, 0.3) is 5.91 Å². The van der Waals surface area contributed by atoms with Gasteiger partial charge in [0, 0.05) is 6.54 Å². The lowest BCUT2D eigenvalue weighted by Crippen LogP contribution is -2.27. The van der Waals surface area contributed by atoms with Crippen LogP contribution in [0, 0.1) is 12.8 Å². The Bertz CT molecular complexity index is 1190. The highest BCUT2D eigenvalue weighted by Crippen LogP contribution is 2.29. The van der Waals surface area contributed by atoms with Gasteiger partial charge in [0.1, 0.15) is 11.5 Å². The fourth-order valence-corrected chi connectivity index (χ4v) is 4.21. The van der Waals surface area contributed by atoms with Crippen molar-refractivity contribution in [3.8, 4) is 17.2 Å². The Morgan fingerprint density at radius 3 is 2.33 bits per heavy atom. The third-order valence-electron chi connectivity index (χ3n) is 4.63. The molecule has 0 heterocycles. The molecular formula is C25H28N2O5S. The van der Waals surface area contributed by atoms with E-state index in [9.17, 15) is 13.2 Å². The van der Waals surface area contributed by atoms with E-state index in [1.807, 2.05) is 50.2 Å². The van der Waals surface area contributed by atoms with Crippen LogP contribution in [-0.4, -0.2) is 27.5 Å². The molecule has 0 aliphatic carbocycles. The number of carbonyl (C=O) groups is 1. The van der Waals surface area contributed by atoms with Crippen molar-refractivity contribution in [3.63, 3.8) is 0 Å². The van der Waals surface area contributed by atoms with E-state index in [1.54, 1.807) is 31.2 Å². The zero-order valence-corrected chi connectivity index (χ0v) is 19.7. The SMILES string of the molecule is Cc1cc(S(=O)(=O)NCC(C)C)ccc1OCC(=O)Nc1ccccc1Oc1ccccc1. The molecule has 0 spiro atoms.